The maximum Gasteiger partial charge on any atom is 0.318 e. The Morgan fingerprint density at radius 2 is 1.79 bits per heavy atom. The van der Waals surface area contributed by atoms with E-state index in [0.29, 0.717) is 0 Å². The molecule has 0 aliphatic carbocycles. The van der Waals surface area contributed by atoms with Crippen molar-refractivity contribution in [2.75, 3.05) is 50.7 Å². The SMILES string of the molecule is C1CCN(c2nnc(CCN3CCNCC3)o2)CC1. The molecule has 2 fully saturated rings. The number of nitrogens with zero attached hydrogens (tertiary/aromatic N) is 4. The number of nitrogens with one attached hydrogen (secondary N) is 1. The highest BCUT2D eigenvalue weighted by Gasteiger charge is 2.17. The maximum absolute atomic E-state index is 5.78. The first kappa shape index (κ1) is 12.9. The van der Waals surface area contributed by atoms with Gasteiger partial charge in [0.1, 0.15) is 0 Å². The molecule has 0 spiro atoms. The molecule has 0 atom stereocenters. The lowest BCUT2D eigenvalue weighted by molar-refractivity contribution is 0.238. The minimum Gasteiger partial charge on any atom is -0.408 e. The molecule has 0 amide bonds. The summed E-state index contributed by atoms with van der Waals surface area (Å²) in [6.45, 7) is 7.54. The Bertz CT molecular complexity index is 382. The molecule has 1 aromatic rings. The summed E-state index contributed by atoms with van der Waals surface area (Å²) in [6, 6.07) is 0.718. The van der Waals surface area contributed by atoms with Gasteiger partial charge in [0.2, 0.25) is 5.89 Å². The third-order valence-electron chi connectivity index (χ3n) is 3.93. The second-order valence-electron chi connectivity index (χ2n) is 5.37. The summed E-state index contributed by atoms with van der Waals surface area (Å²) >= 11 is 0. The van der Waals surface area contributed by atoms with Crippen LogP contribution in [0.3, 0.4) is 0 Å². The summed E-state index contributed by atoms with van der Waals surface area (Å²) in [7, 11) is 0. The van der Waals surface area contributed by atoms with E-state index in [4.69, 9.17) is 4.42 Å². The Kier molecular flexibility index (Phi) is 4.30. The summed E-state index contributed by atoms with van der Waals surface area (Å²) in [5, 5.41) is 11.7. The van der Waals surface area contributed by atoms with Gasteiger partial charge >= 0.3 is 6.01 Å². The van der Waals surface area contributed by atoms with E-state index in [-0.39, 0.29) is 0 Å². The average Bonchev–Trinajstić information content (AvgIpc) is 2.96. The highest BCUT2D eigenvalue weighted by molar-refractivity contribution is 5.24. The van der Waals surface area contributed by atoms with Gasteiger partial charge in [-0.1, -0.05) is 5.10 Å². The number of piperazine rings is 1. The minimum absolute atomic E-state index is 0.718. The minimum atomic E-state index is 0.718. The van der Waals surface area contributed by atoms with Crippen LogP contribution in [-0.2, 0) is 6.42 Å². The number of rotatable bonds is 4. The van der Waals surface area contributed by atoms with Crippen LogP contribution in [0.5, 0.6) is 0 Å². The molecule has 1 aromatic heterocycles. The number of anilines is 1. The smallest absolute Gasteiger partial charge is 0.318 e. The Hall–Kier alpha value is -1.14. The zero-order valence-corrected chi connectivity index (χ0v) is 11.5. The van der Waals surface area contributed by atoms with Gasteiger partial charge in [0.15, 0.2) is 0 Å². The van der Waals surface area contributed by atoms with Gasteiger partial charge in [-0.05, 0) is 19.3 Å². The van der Waals surface area contributed by atoms with E-state index >= 15 is 0 Å². The maximum atomic E-state index is 5.78. The molecule has 0 radical (unpaired) electrons. The molecule has 0 saturated carbocycles. The molecule has 0 aromatic carbocycles. The van der Waals surface area contributed by atoms with E-state index in [1.165, 1.54) is 19.3 Å². The van der Waals surface area contributed by atoms with E-state index in [1.807, 2.05) is 0 Å². The highest BCUT2D eigenvalue weighted by Crippen LogP contribution is 2.18. The van der Waals surface area contributed by atoms with Crippen LogP contribution >= 0.6 is 0 Å². The first-order valence-electron chi connectivity index (χ1n) is 7.42. The number of aromatic nitrogens is 2. The number of piperidine rings is 1. The Morgan fingerprint density at radius 1 is 1.00 bits per heavy atom. The van der Waals surface area contributed by atoms with Gasteiger partial charge in [0, 0.05) is 52.2 Å². The van der Waals surface area contributed by atoms with Crippen molar-refractivity contribution in [3.8, 4) is 0 Å². The quantitative estimate of drug-likeness (QED) is 0.856. The van der Waals surface area contributed by atoms with Crippen molar-refractivity contribution in [1.82, 2.24) is 20.4 Å². The van der Waals surface area contributed by atoms with E-state index in [0.717, 1.165) is 64.1 Å². The second kappa shape index (κ2) is 6.34. The Labute approximate surface area is 114 Å². The normalized spacial score (nSPS) is 21.8. The van der Waals surface area contributed by atoms with E-state index in [9.17, 15) is 0 Å². The predicted molar refractivity (Wildman–Crippen MR) is 73.4 cm³/mol. The van der Waals surface area contributed by atoms with Crippen LogP contribution in [0.25, 0.3) is 0 Å². The first-order valence-corrected chi connectivity index (χ1v) is 7.42. The van der Waals surface area contributed by atoms with Crippen molar-refractivity contribution in [2.45, 2.75) is 25.7 Å². The topological polar surface area (TPSA) is 57.4 Å². The fourth-order valence-corrected chi connectivity index (χ4v) is 2.75. The summed E-state index contributed by atoms with van der Waals surface area (Å²) in [4.78, 5) is 4.66. The highest BCUT2D eigenvalue weighted by atomic mass is 16.4. The van der Waals surface area contributed by atoms with Crippen molar-refractivity contribution in [3.63, 3.8) is 0 Å². The molecular formula is C13H23N5O. The molecule has 106 valence electrons. The molecule has 6 heteroatoms. The monoisotopic (exact) mass is 265 g/mol. The van der Waals surface area contributed by atoms with Crippen LogP contribution in [0.4, 0.5) is 6.01 Å². The molecule has 2 aliphatic heterocycles. The van der Waals surface area contributed by atoms with Crippen LogP contribution in [0.15, 0.2) is 4.42 Å². The Morgan fingerprint density at radius 3 is 2.58 bits per heavy atom. The van der Waals surface area contributed by atoms with Crippen molar-refractivity contribution in [1.29, 1.82) is 0 Å². The van der Waals surface area contributed by atoms with Crippen LogP contribution < -0.4 is 10.2 Å². The van der Waals surface area contributed by atoms with E-state index in [2.05, 4.69) is 25.3 Å². The average molecular weight is 265 g/mol. The lowest BCUT2D eigenvalue weighted by Crippen LogP contribution is -2.44. The molecule has 0 bridgehead atoms. The molecule has 2 aliphatic rings. The van der Waals surface area contributed by atoms with Crippen LogP contribution in [0.2, 0.25) is 0 Å². The fourth-order valence-electron chi connectivity index (χ4n) is 2.75. The summed E-state index contributed by atoms with van der Waals surface area (Å²) in [5.74, 6) is 0.777. The number of hydrogen-bond donors (Lipinski definition) is 1. The van der Waals surface area contributed by atoms with Crippen LogP contribution in [-0.4, -0.2) is 60.9 Å². The standard InChI is InChI=1S/C13H23N5O/c1-2-7-18(8-3-1)13-16-15-12(19-13)4-9-17-10-5-14-6-11-17/h14H,1-11H2. The van der Waals surface area contributed by atoms with E-state index < -0.39 is 0 Å². The summed E-state index contributed by atoms with van der Waals surface area (Å²) in [6.07, 6.45) is 4.65. The van der Waals surface area contributed by atoms with Gasteiger partial charge in [-0.2, -0.15) is 0 Å². The van der Waals surface area contributed by atoms with Gasteiger partial charge < -0.3 is 19.5 Å². The summed E-state index contributed by atoms with van der Waals surface area (Å²) in [5.41, 5.74) is 0. The van der Waals surface area contributed by atoms with Crippen molar-refractivity contribution in [3.05, 3.63) is 5.89 Å². The first-order chi connectivity index (χ1) is 9.42. The van der Waals surface area contributed by atoms with Crippen molar-refractivity contribution in [2.24, 2.45) is 0 Å². The third kappa shape index (κ3) is 3.45. The third-order valence-corrected chi connectivity index (χ3v) is 3.93. The molecular weight excluding hydrogens is 242 g/mol. The molecule has 2 saturated heterocycles. The number of hydrogen-bond acceptors (Lipinski definition) is 6. The second-order valence-corrected chi connectivity index (χ2v) is 5.37. The van der Waals surface area contributed by atoms with Crippen LogP contribution in [0.1, 0.15) is 25.2 Å². The van der Waals surface area contributed by atoms with Gasteiger partial charge in [-0.15, -0.1) is 5.10 Å². The summed E-state index contributed by atoms with van der Waals surface area (Å²) < 4.78 is 5.78. The van der Waals surface area contributed by atoms with Gasteiger partial charge in [-0.3, -0.25) is 0 Å². The van der Waals surface area contributed by atoms with Crippen LogP contribution in [0, 0.1) is 0 Å². The lowest BCUT2D eigenvalue weighted by Gasteiger charge is -2.26. The van der Waals surface area contributed by atoms with Gasteiger partial charge in [0.05, 0.1) is 0 Å². The Balaban J connectivity index is 1.49. The van der Waals surface area contributed by atoms with Gasteiger partial charge in [0.25, 0.3) is 0 Å². The lowest BCUT2D eigenvalue weighted by atomic mass is 10.1. The molecule has 19 heavy (non-hydrogen) atoms. The van der Waals surface area contributed by atoms with Crippen molar-refractivity contribution < 1.29 is 4.42 Å². The largest absolute Gasteiger partial charge is 0.408 e. The molecule has 3 rings (SSSR count). The van der Waals surface area contributed by atoms with Gasteiger partial charge in [-0.25, -0.2) is 0 Å². The fraction of sp³-hybridized carbons (Fsp3) is 0.846. The molecule has 0 unspecified atom stereocenters. The van der Waals surface area contributed by atoms with E-state index in [1.54, 1.807) is 0 Å². The molecule has 6 nitrogen and oxygen atoms in total. The predicted octanol–water partition coefficient (Wildman–Crippen LogP) is 0.508. The van der Waals surface area contributed by atoms with Crippen molar-refractivity contribution >= 4 is 6.01 Å². The molecule has 1 N–H and O–H groups in total. The molecule has 3 heterocycles. The zero-order chi connectivity index (χ0) is 12.9. The zero-order valence-electron chi connectivity index (χ0n) is 11.5.